The Kier molecular flexibility index (Phi) is 9.57. The minimum atomic E-state index is -4.76. The van der Waals surface area contributed by atoms with Gasteiger partial charge in [-0.3, -0.25) is 9.69 Å². The third-order valence-corrected chi connectivity index (χ3v) is 8.01. The molecule has 4 aromatic rings. The molecule has 1 aromatic heterocycles. The number of benzene rings is 3. The maximum atomic E-state index is 12.8. The molecular weight excluding hydrogens is 605 g/mol. The number of amidine groups is 1. The first kappa shape index (κ1) is 31.8. The number of urea groups is 1. The van der Waals surface area contributed by atoms with E-state index in [1.165, 1.54) is 47.0 Å². The SMILES string of the molecule is CCCc1ccc(C)cc1N1C(=O)CS/C1=N\C(=O)NCC(C)c1ccc(-c2ncn(-c3ccc(OC(F)(F)F)cc3)n2)cc1. The van der Waals surface area contributed by atoms with E-state index in [9.17, 15) is 22.8 Å². The summed E-state index contributed by atoms with van der Waals surface area (Å²) in [5.74, 6) is 0.212. The first-order valence-electron chi connectivity index (χ1n) is 14.3. The Bertz CT molecular complexity index is 1700. The van der Waals surface area contributed by atoms with Crippen molar-refractivity contribution in [2.45, 2.75) is 45.9 Å². The topological polar surface area (TPSA) is 102 Å². The molecule has 0 spiro atoms. The fourth-order valence-corrected chi connectivity index (χ4v) is 5.67. The van der Waals surface area contributed by atoms with Crippen molar-refractivity contribution in [2.75, 3.05) is 17.2 Å². The van der Waals surface area contributed by atoms with Crippen LogP contribution in [0.15, 0.2) is 78.0 Å². The van der Waals surface area contributed by atoms with E-state index >= 15 is 0 Å². The van der Waals surface area contributed by atoms with Gasteiger partial charge in [-0.05, 0) is 66.3 Å². The smallest absolute Gasteiger partial charge is 0.406 e. The predicted octanol–water partition coefficient (Wildman–Crippen LogP) is 7.04. The highest BCUT2D eigenvalue weighted by Crippen LogP contribution is 2.31. The van der Waals surface area contributed by atoms with E-state index in [0.29, 0.717) is 23.2 Å². The summed E-state index contributed by atoms with van der Waals surface area (Å²) in [5, 5.41) is 7.66. The van der Waals surface area contributed by atoms with Gasteiger partial charge in [0.15, 0.2) is 11.0 Å². The molecule has 2 heterocycles. The molecule has 1 unspecified atom stereocenters. The average molecular weight is 637 g/mol. The molecule has 1 aliphatic heterocycles. The minimum absolute atomic E-state index is 0.0342. The summed E-state index contributed by atoms with van der Waals surface area (Å²) < 4.78 is 42.6. The van der Waals surface area contributed by atoms with Crippen LogP contribution in [0.4, 0.5) is 23.7 Å². The zero-order chi connectivity index (χ0) is 32.1. The molecular formula is C32H31F3N6O3S. The average Bonchev–Trinajstić information content (AvgIpc) is 3.64. The van der Waals surface area contributed by atoms with E-state index in [0.717, 1.165) is 40.8 Å². The standard InChI is InChI=1S/C32H31F3N6O3S/c1-4-5-23-7-6-20(2)16-27(23)41-28(42)18-45-31(41)38-30(43)36-17-21(3)22-8-10-24(11-9-22)29-37-19-40(39-29)25-12-14-26(15-13-25)44-32(33,34)35/h6-16,19,21H,4-5,17-18H2,1-3H3,(H,36,43)/b38-31-. The molecule has 1 fully saturated rings. The van der Waals surface area contributed by atoms with Gasteiger partial charge in [-0.15, -0.1) is 18.3 Å². The molecule has 0 aliphatic carbocycles. The van der Waals surface area contributed by atoms with Crippen LogP contribution in [0, 0.1) is 6.92 Å². The second kappa shape index (κ2) is 13.6. The third-order valence-electron chi connectivity index (χ3n) is 7.09. The Morgan fingerprint density at radius 2 is 1.84 bits per heavy atom. The second-order valence-corrected chi connectivity index (χ2v) is 11.5. The Labute approximate surface area is 262 Å². The number of aromatic nitrogens is 3. The van der Waals surface area contributed by atoms with Crippen molar-refractivity contribution in [3.05, 3.63) is 89.7 Å². The maximum absolute atomic E-state index is 12.8. The molecule has 5 rings (SSSR count). The number of aliphatic imine (C=N–C) groups is 1. The Balaban J connectivity index is 1.20. The van der Waals surface area contributed by atoms with E-state index in [1.807, 2.05) is 56.3 Å². The maximum Gasteiger partial charge on any atom is 0.573 e. The summed E-state index contributed by atoms with van der Waals surface area (Å²) in [7, 11) is 0. The molecule has 9 nitrogen and oxygen atoms in total. The second-order valence-electron chi connectivity index (χ2n) is 10.6. The number of halogens is 3. The van der Waals surface area contributed by atoms with Gasteiger partial charge in [-0.1, -0.05) is 68.4 Å². The highest BCUT2D eigenvalue weighted by molar-refractivity contribution is 8.15. The van der Waals surface area contributed by atoms with Crippen LogP contribution in [-0.2, 0) is 11.2 Å². The van der Waals surface area contributed by atoms with Gasteiger partial charge in [0.2, 0.25) is 5.91 Å². The van der Waals surface area contributed by atoms with Crippen LogP contribution in [0.2, 0.25) is 0 Å². The summed E-state index contributed by atoms with van der Waals surface area (Å²) >= 11 is 1.25. The van der Waals surface area contributed by atoms with Crippen LogP contribution >= 0.6 is 11.8 Å². The fraction of sp³-hybridized carbons (Fsp3) is 0.281. The number of hydrogen-bond donors (Lipinski definition) is 1. The number of nitrogens with one attached hydrogen (secondary N) is 1. The number of carbonyl (C=O) groups is 2. The van der Waals surface area contributed by atoms with Gasteiger partial charge in [0.05, 0.1) is 17.1 Å². The Morgan fingerprint density at radius 1 is 1.11 bits per heavy atom. The number of nitrogens with zero attached hydrogens (tertiary/aromatic N) is 5. The van der Waals surface area contributed by atoms with Gasteiger partial charge in [0, 0.05) is 12.1 Å². The first-order valence-corrected chi connectivity index (χ1v) is 15.3. The van der Waals surface area contributed by atoms with Gasteiger partial charge in [0.1, 0.15) is 12.1 Å². The van der Waals surface area contributed by atoms with Crippen LogP contribution in [0.25, 0.3) is 17.1 Å². The van der Waals surface area contributed by atoms with E-state index in [-0.39, 0.29) is 23.3 Å². The highest BCUT2D eigenvalue weighted by atomic mass is 32.2. The Hall–Kier alpha value is -4.65. The van der Waals surface area contributed by atoms with Crippen LogP contribution in [0.3, 0.4) is 0 Å². The van der Waals surface area contributed by atoms with E-state index in [4.69, 9.17) is 0 Å². The molecule has 13 heteroatoms. The number of amides is 3. The predicted molar refractivity (Wildman–Crippen MR) is 168 cm³/mol. The largest absolute Gasteiger partial charge is 0.573 e. The van der Waals surface area contributed by atoms with Gasteiger partial charge in [-0.25, -0.2) is 14.5 Å². The van der Waals surface area contributed by atoms with E-state index in [1.54, 1.807) is 4.90 Å². The number of thioether (sulfide) groups is 1. The van der Waals surface area contributed by atoms with Crippen molar-refractivity contribution in [3.63, 3.8) is 0 Å². The summed E-state index contributed by atoms with van der Waals surface area (Å²) in [5.41, 5.74) is 5.09. The first-order chi connectivity index (χ1) is 21.5. The molecule has 1 aliphatic rings. The summed E-state index contributed by atoms with van der Waals surface area (Å²) in [4.78, 5) is 35.7. The van der Waals surface area contributed by atoms with Gasteiger partial charge >= 0.3 is 12.4 Å². The molecule has 0 radical (unpaired) electrons. The molecule has 0 bridgehead atoms. The van der Waals surface area contributed by atoms with Gasteiger partial charge in [-0.2, -0.15) is 4.99 Å². The number of alkyl halides is 3. The molecule has 1 saturated heterocycles. The van der Waals surface area contributed by atoms with E-state index < -0.39 is 12.4 Å². The highest BCUT2D eigenvalue weighted by Gasteiger charge is 2.32. The zero-order valence-electron chi connectivity index (χ0n) is 24.8. The number of carbonyl (C=O) groups excluding carboxylic acids is 2. The van der Waals surface area contributed by atoms with Gasteiger partial charge < -0.3 is 10.1 Å². The lowest BCUT2D eigenvalue weighted by Crippen LogP contribution is -2.32. The fourth-order valence-electron chi connectivity index (χ4n) is 4.81. The van der Waals surface area contributed by atoms with Crippen molar-refractivity contribution < 1.29 is 27.5 Å². The summed E-state index contributed by atoms with van der Waals surface area (Å²) in [6.45, 7) is 6.36. The zero-order valence-corrected chi connectivity index (χ0v) is 25.7. The van der Waals surface area contributed by atoms with Crippen molar-refractivity contribution >= 4 is 34.6 Å². The molecule has 1 atom stereocenters. The number of rotatable bonds is 9. The lowest BCUT2D eigenvalue weighted by atomic mass is 10.00. The normalized spacial score (nSPS) is 15.0. The molecule has 0 saturated carbocycles. The third kappa shape index (κ3) is 7.90. The molecule has 45 heavy (non-hydrogen) atoms. The lowest BCUT2D eigenvalue weighted by Gasteiger charge is -2.20. The van der Waals surface area contributed by atoms with Crippen molar-refractivity contribution in [1.82, 2.24) is 20.1 Å². The van der Waals surface area contributed by atoms with Crippen molar-refractivity contribution in [3.8, 4) is 22.8 Å². The van der Waals surface area contributed by atoms with Crippen LogP contribution in [0.1, 0.15) is 42.9 Å². The number of ether oxygens (including phenoxy) is 1. The van der Waals surface area contributed by atoms with E-state index in [2.05, 4.69) is 32.1 Å². The quantitative estimate of drug-likeness (QED) is 0.212. The van der Waals surface area contributed by atoms with Crippen molar-refractivity contribution in [1.29, 1.82) is 0 Å². The summed E-state index contributed by atoms with van der Waals surface area (Å²) in [6.07, 6.45) is -1.54. The number of hydrogen-bond acceptors (Lipinski definition) is 6. The lowest BCUT2D eigenvalue weighted by molar-refractivity contribution is -0.274. The minimum Gasteiger partial charge on any atom is -0.406 e. The Morgan fingerprint density at radius 3 is 2.53 bits per heavy atom. The summed E-state index contributed by atoms with van der Waals surface area (Å²) in [6, 6.07) is 18.4. The monoisotopic (exact) mass is 636 g/mol. The van der Waals surface area contributed by atoms with Crippen LogP contribution in [-0.4, -0.2) is 50.5 Å². The molecule has 3 amide bonds. The van der Waals surface area contributed by atoms with Crippen LogP contribution < -0.4 is 15.0 Å². The molecule has 1 N–H and O–H groups in total. The van der Waals surface area contributed by atoms with Crippen molar-refractivity contribution in [2.24, 2.45) is 4.99 Å². The molecule has 234 valence electrons. The van der Waals surface area contributed by atoms with Crippen LogP contribution in [0.5, 0.6) is 5.75 Å². The number of aryl methyl sites for hydroxylation is 2. The van der Waals surface area contributed by atoms with Gasteiger partial charge in [0.25, 0.3) is 0 Å². The number of anilines is 1. The molecule has 3 aromatic carbocycles.